The topological polar surface area (TPSA) is 69.9 Å². The van der Waals surface area contributed by atoms with E-state index in [2.05, 4.69) is 12.2 Å². The standard InChI is InChI=1S/C27H33NO5/c1-6-7-8-9-12-28-27(29)13-18(2)20-15-21-22(17-33-25(21)16-24(20)31-4)19-10-11-23(30-3)26(14-19)32-5/h10-11,13-17H,6-9,12H2,1-5H3,(H,28,29)/b18-13+. The quantitative estimate of drug-likeness (QED) is 0.277. The lowest BCUT2D eigenvalue weighted by molar-refractivity contribution is -0.116. The summed E-state index contributed by atoms with van der Waals surface area (Å²) in [5.74, 6) is 1.86. The summed E-state index contributed by atoms with van der Waals surface area (Å²) in [6.45, 7) is 4.77. The number of benzene rings is 2. The van der Waals surface area contributed by atoms with Gasteiger partial charge in [0.25, 0.3) is 0 Å². The van der Waals surface area contributed by atoms with Crippen LogP contribution in [0.5, 0.6) is 17.2 Å². The van der Waals surface area contributed by atoms with Gasteiger partial charge in [-0.05, 0) is 42.7 Å². The highest BCUT2D eigenvalue weighted by atomic mass is 16.5. The van der Waals surface area contributed by atoms with Gasteiger partial charge in [0.1, 0.15) is 11.3 Å². The Balaban J connectivity index is 1.92. The molecule has 6 nitrogen and oxygen atoms in total. The zero-order chi connectivity index (χ0) is 23.8. The van der Waals surface area contributed by atoms with Crippen LogP contribution in [-0.2, 0) is 4.79 Å². The van der Waals surface area contributed by atoms with Crippen LogP contribution in [0.3, 0.4) is 0 Å². The predicted molar refractivity (Wildman–Crippen MR) is 132 cm³/mol. The van der Waals surface area contributed by atoms with E-state index in [4.69, 9.17) is 18.6 Å². The van der Waals surface area contributed by atoms with Crippen LogP contribution in [0.2, 0.25) is 0 Å². The van der Waals surface area contributed by atoms with Crippen LogP contribution >= 0.6 is 0 Å². The Bertz CT molecular complexity index is 1130. The number of nitrogens with one attached hydrogen (secondary N) is 1. The van der Waals surface area contributed by atoms with Crippen molar-refractivity contribution in [1.29, 1.82) is 0 Å². The van der Waals surface area contributed by atoms with Crippen molar-refractivity contribution < 1.29 is 23.4 Å². The number of allylic oxidation sites excluding steroid dienone is 1. The minimum absolute atomic E-state index is 0.0987. The zero-order valence-electron chi connectivity index (χ0n) is 20.1. The molecule has 3 rings (SSSR count). The molecule has 1 heterocycles. The molecule has 0 saturated carbocycles. The molecule has 0 saturated heterocycles. The molecule has 2 aromatic carbocycles. The Morgan fingerprint density at radius 1 is 0.970 bits per heavy atom. The molecular formula is C27H33NO5. The van der Waals surface area contributed by atoms with Crippen LogP contribution in [0, 0.1) is 0 Å². The lowest BCUT2D eigenvalue weighted by Gasteiger charge is -2.11. The van der Waals surface area contributed by atoms with E-state index in [1.165, 1.54) is 12.8 Å². The second-order valence-corrected chi connectivity index (χ2v) is 7.95. The number of amides is 1. The average Bonchev–Trinajstić information content (AvgIpc) is 3.25. The Labute approximate surface area is 195 Å². The van der Waals surface area contributed by atoms with Gasteiger partial charge in [-0.1, -0.05) is 32.3 Å². The second kappa shape index (κ2) is 11.5. The molecule has 1 aromatic heterocycles. The Hall–Kier alpha value is -3.41. The summed E-state index contributed by atoms with van der Waals surface area (Å²) in [7, 11) is 4.84. The molecule has 0 atom stereocenters. The molecule has 0 bridgehead atoms. The Morgan fingerprint density at radius 3 is 2.42 bits per heavy atom. The summed E-state index contributed by atoms with van der Waals surface area (Å²) >= 11 is 0. The van der Waals surface area contributed by atoms with E-state index in [1.807, 2.05) is 37.3 Å². The maximum atomic E-state index is 12.4. The maximum Gasteiger partial charge on any atom is 0.244 e. The third-order valence-corrected chi connectivity index (χ3v) is 5.69. The van der Waals surface area contributed by atoms with Crippen molar-refractivity contribution in [2.24, 2.45) is 0 Å². The average molecular weight is 452 g/mol. The van der Waals surface area contributed by atoms with E-state index in [0.717, 1.165) is 40.5 Å². The number of carbonyl (C=O) groups is 1. The fraction of sp³-hybridized carbons (Fsp3) is 0.370. The molecule has 33 heavy (non-hydrogen) atoms. The number of rotatable bonds is 11. The minimum Gasteiger partial charge on any atom is -0.496 e. The summed E-state index contributed by atoms with van der Waals surface area (Å²) in [6.07, 6.45) is 7.83. The van der Waals surface area contributed by atoms with Gasteiger partial charge in [-0.25, -0.2) is 0 Å². The van der Waals surface area contributed by atoms with E-state index >= 15 is 0 Å². The van der Waals surface area contributed by atoms with Crippen molar-refractivity contribution in [2.75, 3.05) is 27.9 Å². The molecule has 0 aliphatic rings. The van der Waals surface area contributed by atoms with Crippen molar-refractivity contribution in [3.63, 3.8) is 0 Å². The SMILES string of the molecule is CCCCCCNC(=O)/C=C(\C)c1cc2c(-c3ccc(OC)c(OC)c3)coc2cc1OC. The molecule has 176 valence electrons. The van der Waals surface area contributed by atoms with Gasteiger partial charge in [-0.15, -0.1) is 0 Å². The van der Waals surface area contributed by atoms with Crippen molar-refractivity contribution in [1.82, 2.24) is 5.32 Å². The number of fused-ring (bicyclic) bond motifs is 1. The zero-order valence-corrected chi connectivity index (χ0v) is 20.1. The van der Waals surface area contributed by atoms with Gasteiger partial charge in [0.2, 0.25) is 5.91 Å². The molecule has 6 heteroatoms. The number of methoxy groups -OCH3 is 3. The molecule has 3 aromatic rings. The van der Waals surface area contributed by atoms with Gasteiger partial charge in [0.05, 0.1) is 27.6 Å². The number of hydrogen-bond acceptors (Lipinski definition) is 5. The van der Waals surface area contributed by atoms with Crippen molar-refractivity contribution in [3.05, 3.63) is 48.2 Å². The first-order valence-electron chi connectivity index (χ1n) is 11.3. The summed E-state index contributed by atoms with van der Waals surface area (Å²) in [5.41, 5.74) is 4.22. The largest absolute Gasteiger partial charge is 0.496 e. The Kier molecular flexibility index (Phi) is 8.41. The smallest absolute Gasteiger partial charge is 0.244 e. The molecule has 0 aliphatic heterocycles. The fourth-order valence-electron chi connectivity index (χ4n) is 3.85. The lowest BCUT2D eigenvalue weighted by atomic mass is 9.99. The van der Waals surface area contributed by atoms with Gasteiger partial charge in [-0.3, -0.25) is 4.79 Å². The van der Waals surface area contributed by atoms with E-state index in [9.17, 15) is 4.79 Å². The van der Waals surface area contributed by atoms with Gasteiger partial charge in [-0.2, -0.15) is 0 Å². The summed E-state index contributed by atoms with van der Waals surface area (Å²) in [4.78, 5) is 12.4. The highest BCUT2D eigenvalue weighted by Crippen LogP contribution is 2.39. The summed E-state index contributed by atoms with van der Waals surface area (Å²) in [5, 5.41) is 3.89. The molecule has 1 N–H and O–H groups in total. The molecule has 0 fully saturated rings. The summed E-state index contributed by atoms with van der Waals surface area (Å²) < 4.78 is 22.2. The molecular weight excluding hydrogens is 418 g/mol. The van der Waals surface area contributed by atoms with Gasteiger partial charge in [0, 0.05) is 35.2 Å². The highest BCUT2D eigenvalue weighted by molar-refractivity contribution is 6.00. The minimum atomic E-state index is -0.0987. The molecule has 1 amide bonds. The van der Waals surface area contributed by atoms with Gasteiger partial charge < -0.3 is 23.9 Å². The van der Waals surface area contributed by atoms with Crippen LogP contribution in [0.25, 0.3) is 27.7 Å². The molecule has 0 radical (unpaired) electrons. The van der Waals surface area contributed by atoms with E-state index in [-0.39, 0.29) is 5.91 Å². The van der Waals surface area contributed by atoms with Crippen molar-refractivity contribution in [3.8, 4) is 28.4 Å². The fourth-order valence-corrected chi connectivity index (χ4v) is 3.85. The number of furan rings is 1. The van der Waals surface area contributed by atoms with Crippen LogP contribution in [-0.4, -0.2) is 33.8 Å². The van der Waals surface area contributed by atoms with Crippen LogP contribution in [0.1, 0.15) is 45.1 Å². The predicted octanol–water partition coefficient (Wildman–Crippen LogP) is 6.23. The lowest BCUT2D eigenvalue weighted by Crippen LogP contribution is -2.22. The second-order valence-electron chi connectivity index (χ2n) is 7.95. The van der Waals surface area contributed by atoms with E-state index in [0.29, 0.717) is 29.4 Å². The van der Waals surface area contributed by atoms with Crippen LogP contribution in [0.15, 0.2) is 47.1 Å². The number of ether oxygens (including phenoxy) is 3. The number of hydrogen-bond donors (Lipinski definition) is 1. The third-order valence-electron chi connectivity index (χ3n) is 5.69. The number of carbonyl (C=O) groups excluding carboxylic acids is 1. The van der Waals surface area contributed by atoms with Crippen LogP contribution in [0.4, 0.5) is 0 Å². The van der Waals surface area contributed by atoms with Crippen molar-refractivity contribution >= 4 is 22.4 Å². The Morgan fingerprint density at radius 2 is 1.73 bits per heavy atom. The highest BCUT2D eigenvalue weighted by Gasteiger charge is 2.16. The number of unbranched alkanes of at least 4 members (excludes halogenated alkanes) is 3. The first-order valence-corrected chi connectivity index (χ1v) is 11.3. The monoisotopic (exact) mass is 451 g/mol. The van der Waals surface area contributed by atoms with E-state index in [1.54, 1.807) is 33.7 Å². The molecule has 0 aliphatic carbocycles. The van der Waals surface area contributed by atoms with Crippen LogP contribution < -0.4 is 19.5 Å². The molecule has 0 spiro atoms. The van der Waals surface area contributed by atoms with E-state index < -0.39 is 0 Å². The first kappa shape index (κ1) is 24.2. The normalized spacial score (nSPS) is 11.5. The third kappa shape index (κ3) is 5.69. The molecule has 0 unspecified atom stereocenters. The summed E-state index contributed by atoms with van der Waals surface area (Å²) in [6, 6.07) is 9.61. The van der Waals surface area contributed by atoms with Gasteiger partial charge in [0.15, 0.2) is 11.5 Å². The maximum absolute atomic E-state index is 12.4. The van der Waals surface area contributed by atoms with Crippen molar-refractivity contribution in [2.45, 2.75) is 39.5 Å². The van der Waals surface area contributed by atoms with Gasteiger partial charge >= 0.3 is 0 Å². The first-order chi connectivity index (χ1) is 16.0.